The summed E-state index contributed by atoms with van der Waals surface area (Å²) < 4.78 is 1.30. The topological polar surface area (TPSA) is 79.5 Å². The van der Waals surface area contributed by atoms with Crippen molar-refractivity contribution in [3.63, 3.8) is 0 Å². The van der Waals surface area contributed by atoms with E-state index in [0.717, 1.165) is 5.56 Å². The van der Waals surface area contributed by atoms with Gasteiger partial charge in [-0.25, -0.2) is 4.79 Å². The smallest absolute Gasteiger partial charge is 0.345 e. The van der Waals surface area contributed by atoms with Crippen LogP contribution in [0.15, 0.2) is 53.3 Å². The van der Waals surface area contributed by atoms with Crippen LogP contribution in [0.5, 0.6) is 5.75 Å². The number of carboxylic acid groups (broad SMARTS) is 1. The Hall–Kier alpha value is -3.08. The molecule has 0 fully saturated rings. The molecule has 0 unspecified atom stereocenters. The number of hydrogen-bond donors (Lipinski definition) is 2. The summed E-state index contributed by atoms with van der Waals surface area (Å²) in [5.41, 5.74) is 0.486. The highest BCUT2D eigenvalue weighted by molar-refractivity contribution is 5.99. The van der Waals surface area contributed by atoms with Gasteiger partial charge in [0, 0.05) is 11.1 Å². The van der Waals surface area contributed by atoms with Crippen LogP contribution in [0.25, 0.3) is 16.6 Å². The van der Waals surface area contributed by atoms with Crippen molar-refractivity contribution in [3.8, 4) is 11.4 Å². The third-order valence-electron chi connectivity index (χ3n) is 3.53. The third-order valence-corrected chi connectivity index (χ3v) is 3.53. The molecule has 1 heterocycles. The molecule has 5 nitrogen and oxygen atoms in total. The van der Waals surface area contributed by atoms with E-state index in [1.807, 2.05) is 6.92 Å². The van der Waals surface area contributed by atoms with Gasteiger partial charge in [-0.05, 0) is 31.2 Å². The minimum Gasteiger partial charge on any atom is -0.506 e. The van der Waals surface area contributed by atoms with Crippen molar-refractivity contribution < 1.29 is 15.0 Å². The summed E-state index contributed by atoms with van der Waals surface area (Å²) in [5.74, 6) is -1.95. The number of pyridine rings is 1. The molecule has 22 heavy (non-hydrogen) atoms. The fraction of sp³-hybridized carbons (Fsp3) is 0.0588. The Morgan fingerprint density at radius 2 is 1.77 bits per heavy atom. The average Bonchev–Trinajstić information content (AvgIpc) is 2.49. The number of aryl methyl sites for hydroxylation is 1. The summed E-state index contributed by atoms with van der Waals surface area (Å²) in [4.78, 5) is 23.9. The fourth-order valence-corrected chi connectivity index (χ4v) is 2.52. The number of rotatable bonds is 2. The molecule has 3 rings (SSSR count). The number of nitrogens with zero attached hydrogens (tertiary/aromatic N) is 1. The predicted molar refractivity (Wildman–Crippen MR) is 82.9 cm³/mol. The van der Waals surface area contributed by atoms with Crippen LogP contribution >= 0.6 is 0 Å². The Kier molecular flexibility index (Phi) is 3.18. The maximum absolute atomic E-state index is 12.6. The first kappa shape index (κ1) is 13.9. The van der Waals surface area contributed by atoms with E-state index in [4.69, 9.17) is 0 Å². The van der Waals surface area contributed by atoms with Gasteiger partial charge in [0.2, 0.25) is 0 Å². The van der Waals surface area contributed by atoms with Crippen molar-refractivity contribution in [2.75, 3.05) is 0 Å². The van der Waals surface area contributed by atoms with Crippen LogP contribution < -0.4 is 5.56 Å². The SMILES string of the molecule is Cc1ccc2c(c1)c(O)c(C(=O)O)c(=O)n2-c1ccccc1. The number of aromatic carboxylic acids is 1. The van der Waals surface area contributed by atoms with E-state index in [0.29, 0.717) is 16.6 Å². The summed E-state index contributed by atoms with van der Waals surface area (Å²) in [6.45, 7) is 1.83. The van der Waals surface area contributed by atoms with Crippen LogP contribution in [0.2, 0.25) is 0 Å². The standard InChI is InChI=1S/C17H13NO4/c1-10-7-8-13-12(9-10)15(19)14(17(21)22)16(20)18(13)11-5-3-2-4-6-11/h2-9,19H,1H3,(H,21,22). The zero-order chi connectivity index (χ0) is 15.9. The summed E-state index contributed by atoms with van der Waals surface area (Å²) >= 11 is 0. The van der Waals surface area contributed by atoms with Gasteiger partial charge in [-0.3, -0.25) is 9.36 Å². The molecule has 0 amide bonds. The molecule has 1 aromatic heterocycles. The predicted octanol–water partition coefficient (Wildman–Crippen LogP) is 2.70. The first-order chi connectivity index (χ1) is 10.5. The number of carboxylic acids is 1. The second-order valence-corrected chi connectivity index (χ2v) is 5.03. The van der Waals surface area contributed by atoms with E-state index in [2.05, 4.69) is 0 Å². The van der Waals surface area contributed by atoms with Gasteiger partial charge < -0.3 is 10.2 Å². The van der Waals surface area contributed by atoms with Gasteiger partial charge in [0.05, 0.1) is 5.52 Å². The molecule has 0 radical (unpaired) electrons. The molecule has 3 aromatic rings. The Morgan fingerprint density at radius 3 is 2.41 bits per heavy atom. The molecule has 0 saturated heterocycles. The number of para-hydroxylation sites is 1. The normalized spacial score (nSPS) is 10.8. The quantitative estimate of drug-likeness (QED) is 0.762. The highest BCUT2D eigenvalue weighted by Gasteiger charge is 2.22. The van der Waals surface area contributed by atoms with Gasteiger partial charge in [-0.2, -0.15) is 0 Å². The van der Waals surface area contributed by atoms with Crippen LogP contribution in [0.4, 0.5) is 0 Å². The van der Waals surface area contributed by atoms with E-state index in [1.54, 1.807) is 48.5 Å². The van der Waals surface area contributed by atoms with Gasteiger partial charge in [-0.1, -0.05) is 29.8 Å². The number of benzene rings is 2. The number of aromatic hydroxyl groups is 1. The number of hydrogen-bond acceptors (Lipinski definition) is 3. The zero-order valence-corrected chi connectivity index (χ0v) is 11.8. The molecule has 110 valence electrons. The first-order valence-corrected chi connectivity index (χ1v) is 6.67. The summed E-state index contributed by atoms with van der Waals surface area (Å²) in [5, 5.41) is 19.8. The monoisotopic (exact) mass is 295 g/mol. The van der Waals surface area contributed by atoms with E-state index < -0.39 is 22.8 Å². The van der Waals surface area contributed by atoms with E-state index >= 15 is 0 Å². The summed E-state index contributed by atoms with van der Waals surface area (Å²) in [6, 6.07) is 13.9. The first-order valence-electron chi connectivity index (χ1n) is 6.67. The average molecular weight is 295 g/mol. The highest BCUT2D eigenvalue weighted by Crippen LogP contribution is 2.28. The molecular formula is C17H13NO4. The van der Waals surface area contributed by atoms with Gasteiger partial charge in [0.25, 0.3) is 5.56 Å². The molecule has 0 aliphatic carbocycles. The Balaban J connectivity index is 2.56. The second kappa shape index (κ2) is 5.04. The van der Waals surface area contributed by atoms with Crippen LogP contribution in [-0.4, -0.2) is 20.7 Å². The van der Waals surface area contributed by atoms with Crippen molar-refractivity contribution >= 4 is 16.9 Å². The van der Waals surface area contributed by atoms with Crippen LogP contribution in [-0.2, 0) is 0 Å². The van der Waals surface area contributed by atoms with E-state index in [9.17, 15) is 19.8 Å². The molecule has 0 aliphatic heterocycles. The lowest BCUT2D eigenvalue weighted by atomic mass is 10.1. The molecule has 0 spiro atoms. The molecule has 2 N–H and O–H groups in total. The third kappa shape index (κ3) is 2.03. The molecule has 0 bridgehead atoms. The Morgan fingerprint density at radius 1 is 1.09 bits per heavy atom. The van der Waals surface area contributed by atoms with Crippen molar-refractivity contribution in [2.45, 2.75) is 6.92 Å². The van der Waals surface area contributed by atoms with Crippen molar-refractivity contribution in [3.05, 3.63) is 70.0 Å². The maximum atomic E-state index is 12.6. The lowest BCUT2D eigenvalue weighted by molar-refractivity contribution is 0.0691. The number of carbonyl (C=O) groups is 1. The molecule has 0 aliphatic rings. The van der Waals surface area contributed by atoms with Gasteiger partial charge in [-0.15, -0.1) is 0 Å². The minimum absolute atomic E-state index is 0.334. The van der Waals surface area contributed by atoms with Gasteiger partial charge >= 0.3 is 5.97 Å². The fourth-order valence-electron chi connectivity index (χ4n) is 2.52. The minimum atomic E-state index is -1.45. The zero-order valence-electron chi connectivity index (χ0n) is 11.8. The maximum Gasteiger partial charge on any atom is 0.345 e. The van der Waals surface area contributed by atoms with Crippen molar-refractivity contribution in [2.24, 2.45) is 0 Å². The van der Waals surface area contributed by atoms with Gasteiger partial charge in [0.1, 0.15) is 5.75 Å². The molecule has 5 heteroatoms. The van der Waals surface area contributed by atoms with Crippen LogP contribution in [0, 0.1) is 6.92 Å². The number of fused-ring (bicyclic) bond motifs is 1. The lowest BCUT2D eigenvalue weighted by Crippen LogP contribution is -2.25. The van der Waals surface area contributed by atoms with E-state index in [-0.39, 0.29) is 0 Å². The summed E-state index contributed by atoms with van der Waals surface area (Å²) in [6.07, 6.45) is 0. The van der Waals surface area contributed by atoms with Crippen molar-refractivity contribution in [1.82, 2.24) is 4.57 Å². The largest absolute Gasteiger partial charge is 0.506 e. The van der Waals surface area contributed by atoms with Crippen LogP contribution in [0.1, 0.15) is 15.9 Å². The highest BCUT2D eigenvalue weighted by atomic mass is 16.4. The molecule has 0 saturated carbocycles. The van der Waals surface area contributed by atoms with Crippen LogP contribution in [0.3, 0.4) is 0 Å². The summed E-state index contributed by atoms with van der Waals surface area (Å²) in [7, 11) is 0. The van der Waals surface area contributed by atoms with Gasteiger partial charge in [0.15, 0.2) is 5.56 Å². The number of aromatic nitrogens is 1. The molecule has 2 aromatic carbocycles. The second-order valence-electron chi connectivity index (χ2n) is 5.03. The van der Waals surface area contributed by atoms with E-state index in [1.165, 1.54) is 4.57 Å². The van der Waals surface area contributed by atoms with Crippen molar-refractivity contribution in [1.29, 1.82) is 0 Å². The lowest BCUT2D eigenvalue weighted by Gasteiger charge is -2.14. The molecule has 0 atom stereocenters. The Bertz CT molecular complexity index is 942. The Labute approximate surface area is 125 Å². The molecular weight excluding hydrogens is 282 g/mol.